The van der Waals surface area contributed by atoms with E-state index in [0.717, 1.165) is 19.9 Å². The zero-order valence-corrected chi connectivity index (χ0v) is 24.7. The quantitative estimate of drug-likeness (QED) is 0.362. The fourth-order valence-electron chi connectivity index (χ4n) is 3.92. The molecule has 202 valence electrons. The first kappa shape index (κ1) is 29.4. The van der Waals surface area contributed by atoms with Gasteiger partial charge in [0.2, 0.25) is 11.8 Å². The Morgan fingerprint density at radius 1 is 0.947 bits per heavy atom. The van der Waals surface area contributed by atoms with Gasteiger partial charge in [0.15, 0.2) is 0 Å². The molecule has 3 aromatic carbocycles. The number of aryl methyl sites for hydroxylation is 1. The van der Waals surface area contributed by atoms with E-state index in [9.17, 15) is 18.0 Å². The number of hydrogen-bond donors (Lipinski definition) is 1. The molecule has 0 aliphatic heterocycles. The number of amides is 2. The monoisotopic (exact) mass is 599 g/mol. The van der Waals surface area contributed by atoms with E-state index in [1.165, 1.54) is 17.0 Å². The van der Waals surface area contributed by atoms with Gasteiger partial charge in [-0.25, -0.2) is 8.42 Å². The summed E-state index contributed by atoms with van der Waals surface area (Å²) in [6, 6.07) is 21.5. The van der Waals surface area contributed by atoms with E-state index in [4.69, 9.17) is 0 Å². The molecule has 0 spiro atoms. The van der Waals surface area contributed by atoms with E-state index < -0.39 is 34.1 Å². The van der Waals surface area contributed by atoms with Gasteiger partial charge >= 0.3 is 0 Å². The highest BCUT2D eigenvalue weighted by molar-refractivity contribution is 9.10. The van der Waals surface area contributed by atoms with Gasteiger partial charge in [0.25, 0.3) is 10.0 Å². The van der Waals surface area contributed by atoms with Crippen LogP contribution in [0.1, 0.15) is 38.8 Å². The normalized spacial score (nSPS) is 12.5. The molecule has 0 aromatic heterocycles. The topological polar surface area (TPSA) is 86.8 Å². The number of carbonyl (C=O) groups excluding carboxylic acids is 2. The van der Waals surface area contributed by atoms with Gasteiger partial charge in [0, 0.05) is 16.6 Å². The molecule has 3 aromatic rings. The standard InChI is InChI=1S/C29H34BrN3O4S/c1-21-10-9-11-23(18-21)19-32(22(2)28(35)31-29(3,4)5)27(34)20-33(25-16-14-24(30)15-17-25)38(36,37)26-12-7-6-8-13-26/h6-18,22H,19-20H2,1-5H3,(H,31,35). The van der Waals surface area contributed by atoms with Crippen LogP contribution in [0.25, 0.3) is 0 Å². The number of benzene rings is 3. The van der Waals surface area contributed by atoms with Crippen LogP contribution >= 0.6 is 15.9 Å². The second-order valence-electron chi connectivity index (χ2n) is 10.2. The van der Waals surface area contributed by atoms with Crippen LogP contribution in [0, 0.1) is 6.92 Å². The molecule has 1 N–H and O–H groups in total. The third-order valence-electron chi connectivity index (χ3n) is 5.83. The molecule has 7 nitrogen and oxygen atoms in total. The predicted molar refractivity (Wildman–Crippen MR) is 154 cm³/mol. The van der Waals surface area contributed by atoms with Gasteiger partial charge in [0.05, 0.1) is 10.6 Å². The van der Waals surface area contributed by atoms with Gasteiger partial charge in [0.1, 0.15) is 12.6 Å². The summed E-state index contributed by atoms with van der Waals surface area (Å²) in [7, 11) is -4.08. The van der Waals surface area contributed by atoms with Crippen molar-refractivity contribution in [2.75, 3.05) is 10.8 Å². The summed E-state index contributed by atoms with van der Waals surface area (Å²) in [5.74, 6) is -0.815. The second kappa shape index (κ2) is 12.1. The van der Waals surface area contributed by atoms with E-state index in [1.807, 2.05) is 52.0 Å². The molecule has 9 heteroatoms. The minimum absolute atomic E-state index is 0.0690. The molecule has 0 saturated heterocycles. The van der Waals surface area contributed by atoms with Crippen LogP contribution in [0.5, 0.6) is 0 Å². The van der Waals surface area contributed by atoms with Crippen molar-refractivity contribution in [3.05, 3.63) is 94.5 Å². The maximum Gasteiger partial charge on any atom is 0.264 e. The van der Waals surface area contributed by atoms with Crippen molar-refractivity contribution < 1.29 is 18.0 Å². The average molecular weight is 601 g/mol. The van der Waals surface area contributed by atoms with Crippen molar-refractivity contribution in [3.63, 3.8) is 0 Å². The number of anilines is 1. The number of carbonyl (C=O) groups is 2. The molecule has 0 fully saturated rings. The maximum atomic E-state index is 13.9. The lowest BCUT2D eigenvalue weighted by Crippen LogP contribution is -2.54. The molecule has 38 heavy (non-hydrogen) atoms. The van der Waals surface area contributed by atoms with Crippen molar-refractivity contribution in [2.45, 2.75) is 57.6 Å². The van der Waals surface area contributed by atoms with E-state index in [1.54, 1.807) is 49.4 Å². The molecule has 3 rings (SSSR count). The second-order valence-corrected chi connectivity index (χ2v) is 13.0. The lowest BCUT2D eigenvalue weighted by atomic mass is 10.1. The zero-order valence-electron chi connectivity index (χ0n) is 22.3. The molecule has 0 bridgehead atoms. The number of nitrogens with one attached hydrogen (secondary N) is 1. The van der Waals surface area contributed by atoms with E-state index in [0.29, 0.717) is 5.69 Å². The number of nitrogens with zero attached hydrogens (tertiary/aromatic N) is 2. The summed E-state index contributed by atoms with van der Waals surface area (Å²) < 4.78 is 29.3. The van der Waals surface area contributed by atoms with Crippen molar-refractivity contribution in [1.82, 2.24) is 10.2 Å². The highest BCUT2D eigenvalue weighted by Gasteiger charge is 2.33. The van der Waals surface area contributed by atoms with Gasteiger partial charge in [-0.15, -0.1) is 0 Å². The number of halogens is 1. The Bertz CT molecular complexity index is 1370. The first-order valence-corrected chi connectivity index (χ1v) is 14.5. The molecule has 0 heterocycles. The highest BCUT2D eigenvalue weighted by Crippen LogP contribution is 2.26. The Hall–Kier alpha value is -3.17. The van der Waals surface area contributed by atoms with Crippen LogP contribution in [-0.4, -0.2) is 43.3 Å². The van der Waals surface area contributed by atoms with Crippen molar-refractivity contribution in [2.24, 2.45) is 0 Å². The third kappa shape index (κ3) is 7.68. The van der Waals surface area contributed by atoms with Crippen LogP contribution in [0.3, 0.4) is 0 Å². The van der Waals surface area contributed by atoms with Crippen LogP contribution in [0.4, 0.5) is 5.69 Å². The lowest BCUT2D eigenvalue weighted by Gasteiger charge is -2.33. The summed E-state index contributed by atoms with van der Waals surface area (Å²) in [6.45, 7) is 8.89. The Morgan fingerprint density at radius 3 is 2.16 bits per heavy atom. The molecule has 1 atom stereocenters. The van der Waals surface area contributed by atoms with Gasteiger partial charge in [-0.2, -0.15) is 0 Å². The molecule has 0 aliphatic carbocycles. The molecular formula is C29H34BrN3O4S. The number of rotatable bonds is 9. The van der Waals surface area contributed by atoms with Gasteiger partial charge in [-0.1, -0.05) is 64.0 Å². The minimum atomic E-state index is -4.08. The van der Waals surface area contributed by atoms with Crippen molar-refractivity contribution in [3.8, 4) is 0 Å². The first-order valence-electron chi connectivity index (χ1n) is 12.3. The zero-order chi connectivity index (χ0) is 28.1. The van der Waals surface area contributed by atoms with Gasteiger partial charge < -0.3 is 10.2 Å². The number of hydrogen-bond acceptors (Lipinski definition) is 4. The Balaban J connectivity index is 2.02. The Morgan fingerprint density at radius 2 is 1.58 bits per heavy atom. The maximum absolute atomic E-state index is 13.9. The van der Waals surface area contributed by atoms with Crippen LogP contribution in [0.15, 0.2) is 88.2 Å². The van der Waals surface area contributed by atoms with E-state index >= 15 is 0 Å². The van der Waals surface area contributed by atoms with E-state index in [-0.39, 0.29) is 17.3 Å². The lowest BCUT2D eigenvalue weighted by molar-refractivity contribution is -0.140. The Labute approximate surface area is 234 Å². The van der Waals surface area contributed by atoms with Crippen LogP contribution in [0.2, 0.25) is 0 Å². The van der Waals surface area contributed by atoms with Crippen LogP contribution in [-0.2, 0) is 26.2 Å². The summed E-state index contributed by atoms with van der Waals surface area (Å²) in [5.41, 5.74) is 1.70. The molecule has 0 aliphatic rings. The summed E-state index contributed by atoms with van der Waals surface area (Å²) in [6.07, 6.45) is 0. The summed E-state index contributed by atoms with van der Waals surface area (Å²) >= 11 is 3.38. The average Bonchev–Trinajstić information content (AvgIpc) is 2.85. The van der Waals surface area contributed by atoms with Crippen molar-refractivity contribution >= 4 is 43.5 Å². The van der Waals surface area contributed by atoms with Crippen LogP contribution < -0.4 is 9.62 Å². The fourth-order valence-corrected chi connectivity index (χ4v) is 5.62. The summed E-state index contributed by atoms with van der Waals surface area (Å²) in [5, 5.41) is 2.93. The van der Waals surface area contributed by atoms with Gasteiger partial charge in [-0.3, -0.25) is 13.9 Å². The predicted octanol–water partition coefficient (Wildman–Crippen LogP) is 5.28. The largest absolute Gasteiger partial charge is 0.350 e. The molecule has 1 unspecified atom stereocenters. The van der Waals surface area contributed by atoms with Crippen molar-refractivity contribution in [1.29, 1.82) is 0 Å². The smallest absolute Gasteiger partial charge is 0.264 e. The molecule has 2 amide bonds. The molecule has 0 saturated carbocycles. The van der Waals surface area contributed by atoms with Gasteiger partial charge in [-0.05, 0) is 76.6 Å². The molecule has 0 radical (unpaired) electrons. The van der Waals surface area contributed by atoms with E-state index in [2.05, 4.69) is 21.2 Å². The fraction of sp³-hybridized carbons (Fsp3) is 0.310. The summed E-state index contributed by atoms with van der Waals surface area (Å²) in [4.78, 5) is 28.5. The first-order chi connectivity index (χ1) is 17.8. The Kier molecular flexibility index (Phi) is 9.38. The minimum Gasteiger partial charge on any atom is -0.350 e. The SMILES string of the molecule is Cc1cccc(CN(C(=O)CN(c2ccc(Br)cc2)S(=O)(=O)c2ccccc2)C(C)C(=O)NC(C)(C)C)c1. The third-order valence-corrected chi connectivity index (χ3v) is 8.14. The molecular weight excluding hydrogens is 566 g/mol. The number of sulfonamides is 1. The highest BCUT2D eigenvalue weighted by atomic mass is 79.9.